The van der Waals surface area contributed by atoms with Gasteiger partial charge in [0.15, 0.2) is 6.61 Å². The molecular formula is C27H21ClF3NO5. The molecule has 1 amide bonds. The van der Waals surface area contributed by atoms with Crippen LogP contribution in [0.1, 0.15) is 23.8 Å². The van der Waals surface area contributed by atoms with Crippen LogP contribution in [0, 0.1) is 6.92 Å². The summed E-state index contributed by atoms with van der Waals surface area (Å²) in [6.45, 7) is 3.31. The summed E-state index contributed by atoms with van der Waals surface area (Å²) < 4.78 is 57.2. The number of carbonyl (C=O) groups is 1. The number of aryl methyl sites for hydroxylation is 2. The minimum absolute atomic E-state index is 0.0321. The summed E-state index contributed by atoms with van der Waals surface area (Å²) >= 11 is 6.04. The van der Waals surface area contributed by atoms with Gasteiger partial charge in [-0.3, -0.25) is 9.59 Å². The van der Waals surface area contributed by atoms with Crippen molar-refractivity contribution in [3.05, 3.63) is 92.8 Å². The maximum absolute atomic E-state index is 13.8. The second-order valence-electron chi connectivity index (χ2n) is 8.15. The molecule has 0 aliphatic rings. The van der Waals surface area contributed by atoms with Crippen molar-refractivity contribution < 1.29 is 31.9 Å². The molecule has 1 N–H and O–H groups in total. The zero-order valence-corrected chi connectivity index (χ0v) is 20.5. The number of halogens is 4. The number of anilines is 1. The molecule has 1 heterocycles. The van der Waals surface area contributed by atoms with E-state index in [1.807, 2.05) is 13.8 Å². The van der Waals surface area contributed by atoms with E-state index in [-0.39, 0.29) is 22.5 Å². The van der Waals surface area contributed by atoms with Gasteiger partial charge in [-0.25, -0.2) is 0 Å². The molecule has 3 aromatic carbocycles. The minimum Gasteiger partial charge on any atom is -0.484 e. The van der Waals surface area contributed by atoms with Crippen LogP contribution in [0.2, 0.25) is 5.02 Å². The zero-order valence-electron chi connectivity index (χ0n) is 19.7. The average molecular weight is 532 g/mol. The maximum atomic E-state index is 13.8. The van der Waals surface area contributed by atoms with E-state index in [4.69, 9.17) is 25.5 Å². The van der Waals surface area contributed by atoms with Crippen molar-refractivity contribution in [1.29, 1.82) is 0 Å². The molecule has 192 valence electrons. The van der Waals surface area contributed by atoms with Crippen LogP contribution in [0.15, 0.2) is 69.9 Å². The lowest BCUT2D eigenvalue weighted by Crippen LogP contribution is -2.20. The highest BCUT2D eigenvalue weighted by Crippen LogP contribution is 2.38. The van der Waals surface area contributed by atoms with Gasteiger partial charge in [-0.05, 0) is 60.9 Å². The Labute approximate surface area is 214 Å². The largest absolute Gasteiger partial charge is 0.484 e. The SMILES string of the molecule is CCc1ccc(Oc2c(C(F)(F)F)oc3cc(OCC(=O)Nc4ccc(C)c(Cl)c4)ccc3c2=O)cc1. The summed E-state index contributed by atoms with van der Waals surface area (Å²) in [5.41, 5.74) is 0.899. The summed E-state index contributed by atoms with van der Waals surface area (Å²) in [6.07, 6.45) is -4.27. The topological polar surface area (TPSA) is 77.8 Å². The van der Waals surface area contributed by atoms with Gasteiger partial charge < -0.3 is 19.2 Å². The van der Waals surface area contributed by atoms with E-state index in [0.29, 0.717) is 10.7 Å². The van der Waals surface area contributed by atoms with E-state index >= 15 is 0 Å². The third-order valence-electron chi connectivity index (χ3n) is 5.46. The first-order valence-corrected chi connectivity index (χ1v) is 11.6. The Morgan fingerprint density at radius 3 is 2.38 bits per heavy atom. The molecule has 0 spiro atoms. The summed E-state index contributed by atoms with van der Waals surface area (Å²) in [6, 6.07) is 15.0. The van der Waals surface area contributed by atoms with Gasteiger partial charge in [0.25, 0.3) is 11.7 Å². The van der Waals surface area contributed by atoms with E-state index in [1.54, 1.807) is 30.3 Å². The Hall–Kier alpha value is -3.98. The molecule has 0 aliphatic carbocycles. The number of alkyl halides is 3. The molecule has 1 aromatic heterocycles. The van der Waals surface area contributed by atoms with E-state index in [2.05, 4.69) is 5.32 Å². The smallest absolute Gasteiger partial charge is 0.453 e. The lowest BCUT2D eigenvalue weighted by atomic mass is 10.1. The Morgan fingerprint density at radius 1 is 1.03 bits per heavy atom. The third kappa shape index (κ3) is 6.06. The number of hydrogen-bond acceptors (Lipinski definition) is 5. The van der Waals surface area contributed by atoms with Gasteiger partial charge in [-0.15, -0.1) is 0 Å². The number of fused-ring (bicyclic) bond motifs is 1. The molecular weight excluding hydrogens is 511 g/mol. The van der Waals surface area contributed by atoms with Gasteiger partial charge in [0.2, 0.25) is 11.2 Å². The molecule has 0 aliphatic heterocycles. The molecule has 4 rings (SSSR count). The molecule has 0 saturated carbocycles. The van der Waals surface area contributed by atoms with Crippen LogP contribution in [0.4, 0.5) is 18.9 Å². The standard InChI is InChI=1S/C27H21ClF3NO5/c1-3-16-5-8-18(9-6-16)36-25-24(34)20-11-10-19(13-22(20)37-26(25)27(29,30)31)35-14-23(33)32-17-7-4-15(2)21(28)12-17/h4-13H,3,14H2,1-2H3,(H,32,33). The van der Waals surface area contributed by atoms with Crippen molar-refractivity contribution in [2.75, 3.05) is 11.9 Å². The zero-order chi connectivity index (χ0) is 26.7. The lowest BCUT2D eigenvalue weighted by molar-refractivity contribution is -0.154. The highest BCUT2D eigenvalue weighted by Gasteiger charge is 2.40. The van der Waals surface area contributed by atoms with Crippen molar-refractivity contribution in [1.82, 2.24) is 0 Å². The van der Waals surface area contributed by atoms with Crippen LogP contribution < -0.4 is 20.2 Å². The molecule has 0 radical (unpaired) electrons. The minimum atomic E-state index is -5.00. The average Bonchev–Trinajstić information content (AvgIpc) is 2.86. The van der Waals surface area contributed by atoms with Crippen LogP contribution in [-0.2, 0) is 17.4 Å². The van der Waals surface area contributed by atoms with Crippen molar-refractivity contribution in [2.24, 2.45) is 0 Å². The predicted octanol–water partition coefficient (Wildman–Crippen LogP) is 7.15. The Kier molecular flexibility index (Phi) is 7.45. The molecule has 0 bridgehead atoms. The Balaban J connectivity index is 1.58. The van der Waals surface area contributed by atoms with Crippen molar-refractivity contribution in [3.8, 4) is 17.2 Å². The predicted molar refractivity (Wildman–Crippen MR) is 134 cm³/mol. The molecule has 37 heavy (non-hydrogen) atoms. The molecule has 0 unspecified atom stereocenters. The summed E-state index contributed by atoms with van der Waals surface area (Å²) in [7, 11) is 0. The first-order chi connectivity index (χ1) is 17.5. The number of nitrogens with one attached hydrogen (secondary N) is 1. The molecule has 6 nitrogen and oxygen atoms in total. The Morgan fingerprint density at radius 2 is 1.73 bits per heavy atom. The highest BCUT2D eigenvalue weighted by atomic mass is 35.5. The number of ether oxygens (including phenoxy) is 2. The fourth-order valence-corrected chi connectivity index (χ4v) is 3.63. The second kappa shape index (κ2) is 10.6. The van der Waals surface area contributed by atoms with E-state index < -0.39 is 35.6 Å². The van der Waals surface area contributed by atoms with Crippen LogP contribution in [0.3, 0.4) is 0 Å². The summed E-state index contributed by atoms with van der Waals surface area (Å²) in [5.74, 6) is -2.96. The summed E-state index contributed by atoms with van der Waals surface area (Å²) in [4.78, 5) is 25.2. The second-order valence-corrected chi connectivity index (χ2v) is 8.55. The maximum Gasteiger partial charge on any atom is 0.453 e. The van der Waals surface area contributed by atoms with Gasteiger partial charge in [0.05, 0.1) is 5.39 Å². The molecule has 0 saturated heterocycles. The van der Waals surface area contributed by atoms with Crippen molar-refractivity contribution >= 4 is 34.2 Å². The van der Waals surface area contributed by atoms with E-state index in [0.717, 1.165) is 23.6 Å². The van der Waals surface area contributed by atoms with E-state index in [9.17, 15) is 22.8 Å². The van der Waals surface area contributed by atoms with Gasteiger partial charge in [0.1, 0.15) is 17.1 Å². The van der Waals surface area contributed by atoms with E-state index in [1.165, 1.54) is 24.3 Å². The molecule has 0 fully saturated rings. The van der Waals surface area contributed by atoms with Crippen LogP contribution in [-0.4, -0.2) is 12.5 Å². The van der Waals surface area contributed by atoms with Crippen LogP contribution in [0.25, 0.3) is 11.0 Å². The summed E-state index contributed by atoms with van der Waals surface area (Å²) in [5, 5.41) is 2.94. The van der Waals surface area contributed by atoms with Gasteiger partial charge in [0, 0.05) is 16.8 Å². The molecule has 10 heteroatoms. The van der Waals surface area contributed by atoms with Crippen LogP contribution in [0.5, 0.6) is 17.2 Å². The molecule has 4 aromatic rings. The van der Waals surface area contributed by atoms with Gasteiger partial charge in [-0.2, -0.15) is 13.2 Å². The first-order valence-electron chi connectivity index (χ1n) is 11.2. The number of rotatable bonds is 7. The number of carbonyl (C=O) groups excluding carboxylic acids is 1. The van der Waals surface area contributed by atoms with Crippen molar-refractivity contribution in [2.45, 2.75) is 26.4 Å². The lowest BCUT2D eigenvalue weighted by Gasteiger charge is -2.14. The quantitative estimate of drug-likeness (QED) is 0.274. The monoisotopic (exact) mass is 531 g/mol. The number of benzene rings is 3. The first kappa shape index (κ1) is 26.1. The van der Waals surface area contributed by atoms with Crippen LogP contribution >= 0.6 is 11.6 Å². The molecule has 0 atom stereocenters. The van der Waals surface area contributed by atoms with Gasteiger partial charge >= 0.3 is 6.18 Å². The fraction of sp³-hybridized carbons (Fsp3) is 0.185. The third-order valence-corrected chi connectivity index (χ3v) is 5.86. The van der Waals surface area contributed by atoms with Gasteiger partial charge in [-0.1, -0.05) is 36.7 Å². The fourth-order valence-electron chi connectivity index (χ4n) is 3.45. The highest BCUT2D eigenvalue weighted by molar-refractivity contribution is 6.31. The Bertz CT molecular complexity index is 1510. The number of hydrogen-bond donors (Lipinski definition) is 1. The van der Waals surface area contributed by atoms with Crippen molar-refractivity contribution in [3.63, 3.8) is 0 Å². The normalized spacial score (nSPS) is 11.4. The number of amides is 1.